The second-order valence-electron chi connectivity index (χ2n) is 7.63. The Morgan fingerprint density at radius 1 is 1.03 bits per heavy atom. The molecular weight excluding hydrogens is 383 g/mol. The van der Waals surface area contributed by atoms with Crippen molar-refractivity contribution in [2.24, 2.45) is 0 Å². The Hall–Kier alpha value is -3.48. The van der Waals surface area contributed by atoms with Crippen LogP contribution in [0.2, 0.25) is 0 Å². The number of halogens is 1. The van der Waals surface area contributed by atoms with E-state index in [4.69, 9.17) is 10.5 Å². The van der Waals surface area contributed by atoms with E-state index in [9.17, 15) is 9.18 Å². The molecular formula is C23H21FN4O2. The minimum Gasteiger partial charge on any atom is -0.459 e. The van der Waals surface area contributed by atoms with Gasteiger partial charge in [0.05, 0.1) is 16.7 Å². The summed E-state index contributed by atoms with van der Waals surface area (Å²) in [5.74, 6) is -0.773. The third-order valence-corrected chi connectivity index (χ3v) is 5.59. The van der Waals surface area contributed by atoms with Gasteiger partial charge in [0.2, 0.25) is 0 Å². The van der Waals surface area contributed by atoms with Crippen LogP contribution in [0.5, 0.6) is 0 Å². The van der Waals surface area contributed by atoms with Gasteiger partial charge in [-0.2, -0.15) is 0 Å². The number of aromatic nitrogens is 3. The number of para-hydroxylation sites is 2. The molecule has 2 aromatic carbocycles. The molecule has 2 heterocycles. The standard InChI is InChI=1S/C23H21FN4O2/c24-14-7-6-8-15(13-14)28-21(25)19(23(29)30-16-9-2-1-3-10-16)20-22(28)27-18-12-5-4-11-17(18)26-20/h4-8,11-13,16H,1-3,9-10,25H2. The molecule has 4 aromatic rings. The summed E-state index contributed by atoms with van der Waals surface area (Å²) < 4.78 is 21.3. The molecule has 1 aliphatic rings. The fourth-order valence-electron chi connectivity index (χ4n) is 4.13. The highest BCUT2D eigenvalue weighted by Crippen LogP contribution is 2.32. The summed E-state index contributed by atoms with van der Waals surface area (Å²) in [4.78, 5) is 22.5. The number of nitrogens with zero attached hydrogens (tertiary/aromatic N) is 3. The summed E-state index contributed by atoms with van der Waals surface area (Å²) in [7, 11) is 0. The van der Waals surface area contributed by atoms with E-state index in [-0.39, 0.29) is 17.5 Å². The minimum absolute atomic E-state index is 0.119. The molecule has 2 N–H and O–H groups in total. The van der Waals surface area contributed by atoms with E-state index < -0.39 is 11.8 Å². The number of hydrogen-bond donors (Lipinski definition) is 1. The fraction of sp³-hybridized carbons (Fsp3) is 0.261. The van der Waals surface area contributed by atoms with E-state index in [0.717, 1.165) is 32.1 Å². The average Bonchev–Trinajstić information content (AvgIpc) is 3.03. The summed E-state index contributed by atoms with van der Waals surface area (Å²) in [6.07, 6.45) is 4.83. The highest BCUT2D eigenvalue weighted by Gasteiger charge is 2.28. The number of benzene rings is 2. The van der Waals surface area contributed by atoms with Crippen LogP contribution in [-0.4, -0.2) is 26.6 Å². The lowest BCUT2D eigenvalue weighted by atomic mass is 9.98. The lowest BCUT2D eigenvalue weighted by Crippen LogP contribution is -2.21. The highest BCUT2D eigenvalue weighted by molar-refractivity contribution is 6.09. The number of ether oxygens (including phenoxy) is 1. The maximum absolute atomic E-state index is 13.9. The zero-order valence-electron chi connectivity index (χ0n) is 16.3. The third kappa shape index (κ3) is 3.16. The van der Waals surface area contributed by atoms with Gasteiger partial charge in [0, 0.05) is 0 Å². The van der Waals surface area contributed by atoms with E-state index in [1.54, 1.807) is 16.7 Å². The molecule has 152 valence electrons. The Morgan fingerprint density at radius 2 is 1.77 bits per heavy atom. The maximum atomic E-state index is 13.9. The molecule has 1 saturated carbocycles. The fourth-order valence-corrected chi connectivity index (χ4v) is 4.13. The van der Waals surface area contributed by atoms with Crippen LogP contribution in [0.1, 0.15) is 42.5 Å². The molecule has 30 heavy (non-hydrogen) atoms. The van der Waals surface area contributed by atoms with Crippen molar-refractivity contribution >= 4 is 34.0 Å². The number of carbonyl (C=O) groups excluding carboxylic acids is 1. The quantitative estimate of drug-likeness (QED) is 0.497. The lowest BCUT2D eigenvalue weighted by Gasteiger charge is -2.21. The van der Waals surface area contributed by atoms with Crippen molar-refractivity contribution < 1.29 is 13.9 Å². The van der Waals surface area contributed by atoms with Gasteiger partial charge in [0.1, 0.15) is 28.8 Å². The third-order valence-electron chi connectivity index (χ3n) is 5.59. The molecule has 0 bridgehead atoms. The molecule has 2 aromatic heterocycles. The van der Waals surface area contributed by atoms with Crippen molar-refractivity contribution in [2.75, 3.05) is 5.73 Å². The van der Waals surface area contributed by atoms with Gasteiger partial charge in [-0.3, -0.25) is 4.57 Å². The summed E-state index contributed by atoms with van der Waals surface area (Å²) in [6.45, 7) is 0. The number of nitrogen functional groups attached to an aromatic ring is 1. The molecule has 1 fully saturated rings. The minimum atomic E-state index is -0.510. The van der Waals surface area contributed by atoms with Crippen LogP contribution in [0.25, 0.3) is 27.9 Å². The summed E-state index contributed by atoms with van der Waals surface area (Å²) in [5.41, 5.74) is 9.14. The number of anilines is 1. The first-order valence-corrected chi connectivity index (χ1v) is 10.2. The predicted molar refractivity (Wildman–Crippen MR) is 113 cm³/mol. The molecule has 7 heteroatoms. The van der Waals surface area contributed by atoms with Crippen LogP contribution in [0.4, 0.5) is 10.2 Å². The number of fused-ring (bicyclic) bond motifs is 2. The zero-order chi connectivity index (χ0) is 20.7. The van der Waals surface area contributed by atoms with Crippen LogP contribution < -0.4 is 5.73 Å². The van der Waals surface area contributed by atoms with Crippen molar-refractivity contribution in [1.82, 2.24) is 14.5 Å². The van der Waals surface area contributed by atoms with Crippen molar-refractivity contribution in [1.29, 1.82) is 0 Å². The molecule has 0 amide bonds. The number of carbonyl (C=O) groups is 1. The van der Waals surface area contributed by atoms with Crippen LogP contribution in [0.3, 0.4) is 0 Å². The zero-order valence-corrected chi connectivity index (χ0v) is 16.3. The smallest absolute Gasteiger partial charge is 0.344 e. The van der Waals surface area contributed by atoms with E-state index >= 15 is 0 Å². The molecule has 0 aliphatic heterocycles. The second-order valence-corrected chi connectivity index (χ2v) is 7.63. The van der Waals surface area contributed by atoms with Gasteiger partial charge in [0.15, 0.2) is 5.65 Å². The first-order chi connectivity index (χ1) is 14.6. The Bertz CT molecular complexity index is 1260. The first kappa shape index (κ1) is 18.5. The Kier molecular flexibility index (Phi) is 4.58. The highest BCUT2D eigenvalue weighted by atomic mass is 19.1. The van der Waals surface area contributed by atoms with Crippen LogP contribution in [0.15, 0.2) is 48.5 Å². The van der Waals surface area contributed by atoms with Crippen LogP contribution >= 0.6 is 0 Å². The Labute approximate surface area is 172 Å². The predicted octanol–water partition coefficient (Wildman–Crippen LogP) is 4.78. The van der Waals surface area contributed by atoms with Crippen molar-refractivity contribution in [2.45, 2.75) is 38.2 Å². The lowest BCUT2D eigenvalue weighted by molar-refractivity contribution is 0.0214. The molecule has 1 aliphatic carbocycles. The molecule has 0 atom stereocenters. The largest absolute Gasteiger partial charge is 0.459 e. The van der Waals surface area contributed by atoms with Gasteiger partial charge < -0.3 is 10.5 Å². The normalized spacial score (nSPS) is 15.0. The van der Waals surface area contributed by atoms with E-state index in [2.05, 4.69) is 9.97 Å². The van der Waals surface area contributed by atoms with Gasteiger partial charge in [-0.15, -0.1) is 0 Å². The topological polar surface area (TPSA) is 83.0 Å². The van der Waals surface area contributed by atoms with Gasteiger partial charge in [-0.25, -0.2) is 19.2 Å². The van der Waals surface area contributed by atoms with Gasteiger partial charge in [-0.05, 0) is 56.0 Å². The van der Waals surface area contributed by atoms with Gasteiger partial charge >= 0.3 is 5.97 Å². The Balaban J connectivity index is 1.71. The summed E-state index contributed by atoms with van der Waals surface area (Å²) in [6, 6.07) is 13.4. The van der Waals surface area contributed by atoms with E-state index in [0.29, 0.717) is 27.9 Å². The summed E-state index contributed by atoms with van der Waals surface area (Å²) >= 11 is 0. The number of esters is 1. The van der Waals surface area contributed by atoms with Gasteiger partial charge in [0.25, 0.3) is 0 Å². The SMILES string of the molecule is Nc1c(C(=O)OC2CCCCC2)c2nc3ccccc3nc2n1-c1cccc(F)c1. The molecule has 0 saturated heterocycles. The number of rotatable bonds is 3. The van der Waals surface area contributed by atoms with Crippen LogP contribution in [-0.2, 0) is 4.74 Å². The van der Waals surface area contributed by atoms with E-state index in [1.807, 2.05) is 24.3 Å². The first-order valence-electron chi connectivity index (χ1n) is 10.2. The maximum Gasteiger partial charge on any atom is 0.344 e. The molecule has 5 rings (SSSR count). The monoisotopic (exact) mass is 404 g/mol. The number of hydrogen-bond acceptors (Lipinski definition) is 5. The van der Waals surface area contributed by atoms with Crippen molar-refractivity contribution in [3.63, 3.8) is 0 Å². The molecule has 0 unspecified atom stereocenters. The number of nitrogens with two attached hydrogens (primary N) is 1. The molecule has 0 radical (unpaired) electrons. The average molecular weight is 404 g/mol. The molecule has 0 spiro atoms. The van der Waals surface area contributed by atoms with Crippen LogP contribution in [0, 0.1) is 5.82 Å². The summed E-state index contributed by atoms with van der Waals surface area (Å²) in [5, 5.41) is 0. The van der Waals surface area contributed by atoms with Crippen molar-refractivity contribution in [3.05, 3.63) is 59.9 Å². The van der Waals surface area contributed by atoms with E-state index in [1.165, 1.54) is 12.1 Å². The Morgan fingerprint density at radius 3 is 2.50 bits per heavy atom. The molecule has 6 nitrogen and oxygen atoms in total. The van der Waals surface area contributed by atoms with Gasteiger partial charge in [-0.1, -0.05) is 24.6 Å². The second kappa shape index (κ2) is 7.40. The van der Waals surface area contributed by atoms with Crippen molar-refractivity contribution in [3.8, 4) is 5.69 Å².